The van der Waals surface area contributed by atoms with E-state index in [-0.39, 0.29) is 18.0 Å². The van der Waals surface area contributed by atoms with Gasteiger partial charge in [0.15, 0.2) is 0 Å². The third-order valence-corrected chi connectivity index (χ3v) is 7.43. The van der Waals surface area contributed by atoms with Crippen molar-refractivity contribution in [2.45, 2.75) is 57.8 Å². The first-order valence-corrected chi connectivity index (χ1v) is 12.4. The van der Waals surface area contributed by atoms with E-state index < -0.39 is 11.7 Å². The van der Waals surface area contributed by atoms with E-state index in [1.165, 1.54) is 23.3 Å². The van der Waals surface area contributed by atoms with Crippen LogP contribution in [0, 0.1) is 13.8 Å². The van der Waals surface area contributed by atoms with Gasteiger partial charge in [-0.2, -0.15) is 13.2 Å². The molecule has 2 fully saturated rings. The molecule has 2 unspecified atom stereocenters. The van der Waals surface area contributed by atoms with Gasteiger partial charge in [-0.05, 0) is 93.1 Å². The van der Waals surface area contributed by atoms with Gasteiger partial charge in [-0.25, -0.2) is 0 Å². The number of halogens is 3. The minimum Gasteiger partial charge on any atom is -0.493 e. The van der Waals surface area contributed by atoms with Gasteiger partial charge in [0, 0.05) is 37.3 Å². The topological polar surface area (TPSA) is 58.8 Å². The van der Waals surface area contributed by atoms with E-state index in [1.54, 1.807) is 4.90 Å². The van der Waals surface area contributed by atoms with Crippen LogP contribution in [0.1, 0.15) is 64.3 Å². The second-order valence-electron chi connectivity index (χ2n) is 9.56. The van der Waals surface area contributed by atoms with Crippen LogP contribution in [0.3, 0.4) is 0 Å². The van der Waals surface area contributed by atoms with Crippen LogP contribution >= 0.6 is 0 Å². The number of nitrogens with zero attached hydrogens (tertiary/aromatic N) is 2. The van der Waals surface area contributed by atoms with Crippen LogP contribution in [-0.2, 0) is 6.18 Å². The van der Waals surface area contributed by atoms with Crippen LogP contribution < -0.4 is 10.5 Å². The molecule has 0 saturated carbocycles. The van der Waals surface area contributed by atoms with Crippen molar-refractivity contribution >= 4 is 5.91 Å². The molecule has 8 heteroatoms. The molecule has 2 aromatic carbocycles. The zero-order chi connectivity index (χ0) is 25.2. The van der Waals surface area contributed by atoms with Gasteiger partial charge in [-0.1, -0.05) is 6.07 Å². The summed E-state index contributed by atoms with van der Waals surface area (Å²) in [7, 11) is 0. The largest absolute Gasteiger partial charge is 0.493 e. The van der Waals surface area contributed by atoms with Crippen molar-refractivity contribution < 1.29 is 22.7 Å². The number of amides is 1. The molecule has 2 N–H and O–H groups in total. The molecule has 0 spiro atoms. The average molecular weight is 490 g/mol. The summed E-state index contributed by atoms with van der Waals surface area (Å²) in [5.74, 6) is 0.700. The number of benzene rings is 2. The summed E-state index contributed by atoms with van der Waals surface area (Å²) in [4.78, 5) is 17.3. The molecule has 2 saturated heterocycles. The number of carbonyl (C=O) groups excluding carboxylic acids is 1. The number of piperidine rings is 1. The molecule has 2 aromatic rings. The SMILES string of the molecule is Cc1c(OCCCN)ccc(C2CCCC3CN(C(=O)c4ccc(C(F)(F)F)cc4)CCN32)c1C. The van der Waals surface area contributed by atoms with Crippen LogP contribution in [-0.4, -0.2) is 54.5 Å². The monoisotopic (exact) mass is 489 g/mol. The van der Waals surface area contributed by atoms with Crippen molar-refractivity contribution in [3.8, 4) is 5.75 Å². The fraction of sp³-hybridized carbons (Fsp3) is 0.519. The van der Waals surface area contributed by atoms with Crippen molar-refractivity contribution in [1.82, 2.24) is 9.80 Å². The Hall–Kier alpha value is -2.58. The zero-order valence-corrected chi connectivity index (χ0v) is 20.4. The van der Waals surface area contributed by atoms with Gasteiger partial charge in [0.25, 0.3) is 5.91 Å². The predicted octanol–water partition coefficient (Wildman–Crippen LogP) is 5.10. The van der Waals surface area contributed by atoms with E-state index in [1.807, 2.05) is 0 Å². The standard InChI is InChI=1S/C27H34F3N3O2/c1-18-19(2)25(35-16-4-13-31)12-11-23(18)24-6-3-5-22-17-32(14-15-33(22)24)26(34)20-7-9-21(10-8-20)27(28,29)30/h7-12,22,24H,3-6,13-17,31H2,1-2H3. The summed E-state index contributed by atoms with van der Waals surface area (Å²) >= 11 is 0. The first kappa shape index (κ1) is 25.5. The highest BCUT2D eigenvalue weighted by Gasteiger charge is 2.38. The molecule has 0 radical (unpaired) electrons. The molecule has 2 atom stereocenters. The molecule has 5 nitrogen and oxygen atoms in total. The number of hydrogen-bond acceptors (Lipinski definition) is 4. The van der Waals surface area contributed by atoms with E-state index in [0.717, 1.165) is 55.7 Å². The minimum absolute atomic E-state index is 0.202. The van der Waals surface area contributed by atoms with E-state index in [9.17, 15) is 18.0 Å². The van der Waals surface area contributed by atoms with E-state index in [0.29, 0.717) is 31.8 Å². The number of ether oxygens (including phenoxy) is 1. The number of alkyl halides is 3. The van der Waals surface area contributed by atoms with E-state index in [4.69, 9.17) is 10.5 Å². The number of fused-ring (bicyclic) bond motifs is 1. The minimum atomic E-state index is -4.41. The van der Waals surface area contributed by atoms with Crippen molar-refractivity contribution in [2.24, 2.45) is 5.73 Å². The molecule has 0 bridgehead atoms. The van der Waals surface area contributed by atoms with Gasteiger partial charge in [0.1, 0.15) is 5.75 Å². The van der Waals surface area contributed by atoms with Crippen molar-refractivity contribution in [3.63, 3.8) is 0 Å². The lowest BCUT2D eigenvalue weighted by Crippen LogP contribution is -2.57. The highest BCUT2D eigenvalue weighted by atomic mass is 19.4. The molecule has 4 rings (SSSR count). The van der Waals surface area contributed by atoms with Gasteiger partial charge in [0.2, 0.25) is 0 Å². The Morgan fingerprint density at radius 2 is 1.80 bits per heavy atom. The molecule has 2 aliphatic rings. The molecule has 1 amide bonds. The summed E-state index contributed by atoms with van der Waals surface area (Å²) in [5.41, 5.74) is 8.83. The van der Waals surface area contributed by atoms with E-state index >= 15 is 0 Å². The highest BCUT2D eigenvalue weighted by Crippen LogP contribution is 2.39. The average Bonchev–Trinajstić information content (AvgIpc) is 2.85. The van der Waals surface area contributed by atoms with Crippen LogP contribution in [0.4, 0.5) is 13.2 Å². The Morgan fingerprint density at radius 3 is 2.49 bits per heavy atom. The second-order valence-corrected chi connectivity index (χ2v) is 9.56. The Balaban J connectivity index is 1.45. The predicted molar refractivity (Wildman–Crippen MR) is 130 cm³/mol. The number of nitrogens with two attached hydrogens (primary N) is 1. The van der Waals surface area contributed by atoms with Crippen LogP contribution in [0.25, 0.3) is 0 Å². The zero-order valence-electron chi connectivity index (χ0n) is 20.4. The maximum absolute atomic E-state index is 13.0. The maximum atomic E-state index is 13.0. The van der Waals surface area contributed by atoms with Gasteiger partial charge in [-0.3, -0.25) is 9.69 Å². The lowest BCUT2D eigenvalue weighted by atomic mass is 9.86. The van der Waals surface area contributed by atoms with Crippen molar-refractivity contribution in [1.29, 1.82) is 0 Å². The summed E-state index contributed by atoms with van der Waals surface area (Å²) < 4.78 is 44.5. The van der Waals surface area contributed by atoms with Gasteiger partial charge < -0.3 is 15.4 Å². The molecule has 0 aliphatic carbocycles. The third kappa shape index (κ3) is 5.48. The smallest absolute Gasteiger partial charge is 0.416 e. The highest BCUT2D eigenvalue weighted by molar-refractivity contribution is 5.94. The van der Waals surface area contributed by atoms with Crippen LogP contribution in [0.2, 0.25) is 0 Å². The summed E-state index contributed by atoms with van der Waals surface area (Å²) in [6.45, 7) is 7.35. The lowest BCUT2D eigenvalue weighted by Gasteiger charge is -2.49. The lowest BCUT2D eigenvalue weighted by molar-refractivity contribution is -0.137. The third-order valence-electron chi connectivity index (χ3n) is 7.43. The Labute approximate surface area is 205 Å². The first-order chi connectivity index (χ1) is 16.7. The quantitative estimate of drug-likeness (QED) is 0.574. The van der Waals surface area contributed by atoms with Crippen molar-refractivity contribution in [3.05, 3.63) is 64.2 Å². The van der Waals surface area contributed by atoms with Gasteiger partial charge in [-0.15, -0.1) is 0 Å². The Bertz CT molecular complexity index is 1040. The summed E-state index contributed by atoms with van der Waals surface area (Å²) in [5, 5.41) is 0. The number of carbonyl (C=O) groups is 1. The Morgan fingerprint density at radius 1 is 1.06 bits per heavy atom. The van der Waals surface area contributed by atoms with Crippen LogP contribution in [0.5, 0.6) is 5.75 Å². The van der Waals surface area contributed by atoms with Gasteiger partial charge in [0.05, 0.1) is 12.2 Å². The molecule has 35 heavy (non-hydrogen) atoms. The Kier molecular flexibility index (Phi) is 7.71. The second kappa shape index (κ2) is 10.6. The number of piperazine rings is 1. The number of hydrogen-bond donors (Lipinski definition) is 1. The summed E-state index contributed by atoms with van der Waals surface area (Å²) in [6.07, 6.45) is -0.445. The molecule has 0 aromatic heterocycles. The molecule has 2 aliphatic heterocycles. The molecule has 190 valence electrons. The number of rotatable bonds is 6. The molecular formula is C27H34F3N3O2. The van der Waals surface area contributed by atoms with Crippen LogP contribution in [0.15, 0.2) is 36.4 Å². The molecular weight excluding hydrogens is 455 g/mol. The van der Waals surface area contributed by atoms with E-state index in [2.05, 4.69) is 30.9 Å². The van der Waals surface area contributed by atoms with Crippen molar-refractivity contribution in [2.75, 3.05) is 32.8 Å². The maximum Gasteiger partial charge on any atom is 0.416 e. The summed E-state index contributed by atoms with van der Waals surface area (Å²) in [6, 6.07) is 9.28. The normalized spacial score (nSPS) is 21.0. The molecule has 2 heterocycles. The first-order valence-electron chi connectivity index (χ1n) is 12.4. The fourth-order valence-corrected chi connectivity index (χ4v) is 5.35. The fourth-order valence-electron chi connectivity index (χ4n) is 5.35. The van der Waals surface area contributed by atoms with Gasteiger partial charge >= 0.3 is 6.18 Å².